The van der Waals surface area contributed by atoms with E-state index in [-0.39, 0.29) is 30.0 Å². The SMILES string of the molecule is CCOCCC1(CNC(=NC)NCC(c2ccco2)N2CCCCC2)CCCC1.I. The molecule has 1 atom stereocenters. The van der Waals surface area contributed by atoms with Gasteiger partial charge in [0.2, 0.25) is 0 Å². The van der Waals surface area contributed by atoms with E-state index in [1.165, 1.54) is 44.9 Å². The van der Waals surface area contributed by atoms with Crippen molar-refractivity contribution in [3.63, 3.8) is 0 Å². The number of rotatable bonds is 10. The maximum atomic E-state index is 5.77. The van der Waals surface area contributed by atoms with Crippen molar-refractivity contribution < 1.29 is 9.15 Å². The fourth-order valence-electron chi connectivity index (χ4n) is 4.88. The van der Waals surface area contributed by atoms with Crippen molar-refractivity contribution >= 4 is 29.9 Å². The molecule has 30 heavy (non-hydrogen) atoms. The Labute approximate surface area is 199 Å². The van der Waals surface area contributed by atoms with E-state index < -0.39 is 0 Å². The van der Waals surface area contributed by atoms with Gasteiger partial charge in [0, 0.05) is 33.4 Å². The molecule has 172 valence electrons. The maximum absolute atomic E-state index is 5.77. The second kappa shape index (κ2) is 13.6. The molecule has 6 nitrogen and oxygen atoms in total. The molecule has 2 N–H and O–H groups in total. The number of halogens is 1. The van der Waals surface area contributed by atoms with Gasteiger partial charge < -0.3 is 19.8 Å². The van der Waals surface area contributed by atoms with Crippen molar-refractivity contribution in [2.45, 2.75) is 64.3 Å². The third kappa shape index (κ3) is 7.41. The number of guanidine groups is 1. The molecule has 1 aliphatic carbocycles. The summed E-state index contributed by atoms with van der Waals surface area (Å²) in [6.07, 6.45) is 12.0. The monoisotopic (exact) mass is 532 g/mol. The van der Waals surface area contributed by atoms with Gasteiger partial charge in [-0.05, 0) is 69.7 Å². The topological polar surface area (TPSA) is 62.0 Å². The zero-order chi connectivity index (χ0) is 20.4. The summed E-state index contributed by atoms with van der Waals surface area (Å²) in [6, 6.07) is 4.34. The Hall–Kier alpha value is -0.800. The van der Waals surface area contributed by atoms with Gasteiger partial charge in [-0.1, -0.05) is 19.3 Å². The fourth-order valence-corrected chi connectivity index (χ4v) is 4.88. The smallest absolute Gasteiger partial charge is 0.191 e. The second-order valence-corrected chi connectivity index (χ2v) is 8.59. The van der Waals surface area contributed by atoms with Crippen LogP contribution < -0.4 is 10.6 Å². The molecule has 2 fully saturated rings. The highest BCUT2D eigenvalue weighted by Gasteiger charge is 2.33. The van der Waals surface area contributed by atoms with Crippen LogP contribution in [-0.2, 0) is 4.74 Å². The van der Waals surface area contributed by atoms with E-state index in [2.05, 4.69) is 33.5 Å². The average Bonchev–Trinajstić information content (AvgIpc) is 3.44. The first-order valence-corrected chi connectivity index (χ1v) is 11.6. The van der Waals surface area contributed by atoms with Gasteiger partial charge in [-0.2, -0.15) is 0 Å². The van der Waals surface area contributed by atoms with Crippen molar-refractivity contribution in [1.82, 2.24) is 15.5 Å². The molecule has 1 aromatic heterocycles. The number of hydrogen-bond acceptors (Lipinski definition) is 4. The molecule has 0 bridgehead atoms. The summed E-state index contributed by atoms with van der Waals surface area (Å²) in [5.41, 5.74) is 0.347. The van der Waals surface area contributed by atoms with Crippen LogP contribution in [0.4, 0.5) is 0 Å². The third-order valence-corrected chi connectivity index (χ3v) is 6.67. The van der Waals surface area contributed by atoms with Crippen molar-refractivity contribution in [3.8, 4) is 0 Å². The highest BCUT2D eigenvalue weighted by atomic mass is 127. The molecular weight excluding hydrogens is 491 g/mol. The summed E-state index contributed by atoms with van der Waals surface area (Å²) >= 11 is 0. The Morgan fingerprint density at radius 3 is 2.60 bits per heavy atom. The minimum absolute atomic E-state index is 0. The van der Waals surface area contributed by atoms with Crippen molar-refractivity contribution in [2.75, 3.05) is 46.4 Å². The average molecular weight is 533 g/mol. The summed E-state index contributed by atoms with van der Waals surface area (Å²) in [7, 11) is 1.86. The fraction of sp³-hybridized carbons (Fsp3) is 0.783. The van der Waals surface area contributed by atoms with E-state index >= 15 is 0 Å². The minimum Gasteiger partial charge on any atom is -0.468 e. The van der Waals surface area contributed by atoms with Crippen molar-refractivity contribution in [3.05, 3.63) is 24.2 Å². The predicted octanol–water partition coefficient (Wildman–Crippen LogP) is 4.58. The summed E-state index contributed by atoms with van der Waals surface area (Å²) in [5.74, 6) is 1.93. The Bertz CT molecular complexity index is 596. The second-order valence-electron chi connectivity index (χ2n) is 8.59. The molecule has 0 aromatic carbocycles. The first-order valence-electron chi connectivity index (χ1n) is 11.6. The first kappa shape index (κ1) is 25.5. The van der Waals surface area contributed by atoms with Gasteiger partial charge in [0.15, 0.2) is 5.96 Å². The van der Waals surface area contributed by atoms with E-state index in [0.717, 1.165) is 57.5 Å². The number of hydrogen-bond donors (Lipinski definition) is 2. The summed E-state index contributed by atoms with van der Waals surface area (Å²) in [4.78, 5) is 7.03. The van der Waals surface area contributed by atoms with Gasteiger partial charge in [0.1, 0.15) is 5.76 Å². The molecule has 1 saturated heterocycles. The van der Waals surface area contributed by atoms with Crippen LogP contribution in [0.1, 0.15) is 70.1 Å². The number of aliphatic imine (C=N–C) groups is 1. The van der Waals surface area contributed by atoms with E-state index in [9.17, 15) is 0 Å². The highest BCUT2D eigenvalue weighted by molar-refractivity contribution is 14.0. The lowest BCUT2D eigenvalue weighted by atomic mass is 9.83. The molecular formula is C23H41IN4O2. The molecule has 1 unspecified atom stereocenters. The van der Waals surface area contributed by atoms with Gasteiger partial charge in [-0.3, -0.25) is 9.89 Å². The molecule has 2 heterocycles. The predicted molar refractivity (Wildman–Crippen MR) is 134 cm³/mol. The Morgan fingerprint density at radius 2 is 1.97 bits per heavy atom. The van der Waals surface area contributed by atoms with Crippen LogP contribution in [0.15, 0.2) is 27.8 Å². The Balaban J connectivity index is 0.00000320. The number of piperidine rings is 1. The van der Waals surface area contributed by atoms with Crippen molar-refractivity contribution in [1.29, 1.82) is 0 Å². The third-order valence-electron chi connectivity index (χ3n) is 6.67. The normalized spacial score (nSPS) is 20.5. The first-order chi connectivity index (χ1) is 14.3. The van der Waals surface area contributed by atoms with Gasteiger partial charge in [0.25, 0.3) is 0 Å². The molecule has 1 saturated carbocycles. The number of likely N-dealkylation sites (tertiary alicyclic amines) is 1. The lowest BCUT2D eigenvalue weighted by molar-refractivity contribution is 0.105. The number of ether oxygens (including phenoxy) is 1. The van der Waals surface area contributed by atoms with Crippen LogP contribution >= 0.6 is 24.0 Å². The zero-order valence-electron chi connectivity index (χ0n) is 18.8. The van der Waals surface area contributed by atoms with Gasteiger partial charge in [0.05, 0.1) is 12.3 Å². The molecule has 0 amide bonds. The van der Waals surface area contributed by atoms with Crippen LogP contribution in [0.25, 0.3) is 0 Å². The summed E-state index contributed by atoms with van der Waals surface area (Å²) < 4.78 is 11.4. The largest absolute Gasteiger partial charge is 0.468 e. The van der Waals surface area contributed by atoms with Crippen LogP contribution in [0, 0.1) is 5.41 Å². The zero-order valence-corrected chi connectivity index (χ0v) is 21.2. The molecule has 0 radical (unpaired) electrons. The molecule has 1 aromatic rings. The lowest BCUT2D eigenvalue weighted by Crippen LogP contribution is -2.47. The van der Waals surface area contributed by atoms with Gasteiger partial charge in [-0.25, -0.2) is 0 Å². The maximum Gasteiger partial charge on any atom is 0.191 e. The van der Waals surface area contributed by atoms with E-state index in [1.54, 1.807) is 6.26 Å². The van der Waals surface area contributed by atoms with Crippen molar-refractivity contribution in [2.24, 2.45) is 10.4 Å². The van der Waals surface area contributed by atoms with Crippen LogP contribution in [0.3, 0.4) is 0 Å². The highest BCUT2D eigenvalue weighted by Crippen LogP contribution is 2.40. The van der Waals surface area contributed by atoms with Crippen LogP contribution in [-0.4, -0.2) is 57.3 Å². The molecule has 3 rings (SSSR count). The molecule has 1 aliphatic heterocycles. The molecule has 2 aliphatic rings. The van der Waals surface area contributed by atoms with Crippen LogP contribution in [0.5, 0.6) is 0 Å². The minimum atomic E-state index is 0. The molecule has 0 spiro atoms. The summed E-state index contributed by atoms with van der Waals surface area (Å²) in [5, 5.41) is 7.19. The molecule has 7 heteroatoms. The van der Waals surface area contributed by atoms with Gasteiger partial charge in [-0.15, -0.1) is 24.0 Å². The van der Waals surface area contributed by atoms with Gasteiger partial charge >= 0.3 is 0 Å². The Morgan fingerprint density at radius 1 is 1.20 bits per heavy atom. The Kier molecular flexibility index (Phi) is 11.5. The number of nitrogens with one attached hydrogen (secondary N) is 2. The standard InChI is InChI=1S/C23H40N4O2.HI/c1-3-28-17-13-23(11-5-6-12-23)19-26-22(24-2)25-18-20(21-10-9-16-29-21)27-14-7-4-8-15-27;/h9-10,16,20H,3-8,11-15,17-19H2,1-2H3,(H2,24,25,26);1H. The number of nitrogens with zero attached hydrogens (tertiary/aromatic N) is 2. The van der Waals surface area contributed by atoms with Crippen LogP contribution in [0.2, 0.25) is 0 Å². The lowest BCUT2D eigenvalue weighted by Gasteiger charge is -2.34. The van der Waals surface area contributed by atoms with E-state index in [0.29, 0.717) is 5.41 Å². The quantitative estimate of drug-likeness (QED) is 0.200. The van der Waals surface area contributed by atoms with E-state index in [4.69, 9.17) is 9.15 Å². The number of furan rings is 1. The van der Waals surface area contributed by atoms with E-state index in [1.807, 2.05) is 13.1 Å². The summed E-state index contributed by atoms with van der Waals surface area (Å²) in [6.45, 7) is 7.79.